The van der Waals surface area contributed by atoms with Crippen LogP contribution in [0.25, 0.3) is 6.08 Å². The summed E-state index contributed by atoms with van der Waals surface area (Å²) in [5.74, 6) is 0.237. The first kappa shape index (κ1) is 16.1. The molecular formula is C18H16N2O3S. The van der Waals surface area contributed by atoms with E-state index in [2.05, 4.69) is 10.3 Å². The smallest absolute Gasteiger partial charge is 0.264 e. The lowest BCUT2D eigenvalue weighted by Crippen LogP contribution is -2.19. The van der Waals surface area contributed by atoms with E-state index in [1.54, 1.807) is 24.3 Å². The van der Waals surface area contributed by atoms with Gasteiger partial charge in [0.15, 0.2) is 16.7 Å². The van der Waals surface area contributed by atoms with Crippen LogP contribution in [0.2, 0.25) is 0 Å². The molecule has 0 spiro atoms. The predicted molar refractivity (Wildman–Crippen MR) is 96.0 cm³/mol. The Kier molecular flexibility index (Phi) is 4.86. The van der Waals surface area contributed by atoms with E-state index in [0.29, 0.717) is 22.4 Å². The zero-order valence-corrected chi connectivity index (χ0v) is 13.8. The molecule has 1 fully saturated rings. The molecule has 0 saturated carbocycles. The standard InChI is InChI=1S/C18H16N2O3S/c1-23-15-8-7-13(9-14(15)21)10-16-17(22)20-18(24-16)19-11-12-5-3-2-4-6-12/h2-10,21H,11H2,1H3,(H,19,20,22)/b16-10+. The number of hydrogen-bond donors (Lipinski definition) is 2. The Morgan fingerprint density at radius 2 is 2.04 bits per heavy atom. The minimum absolute atomic E-state index is 0.0354. The van der Waals surface area contributed by atoms with Gasteiger partial charge in [0.25, 0.3) is 5.91 Å². The average Bonchev–Trinajstić information content (AvgIpc) is 2.94. The van der Waals surface area contributed by atoms with Gasteiger partial charge in [-0.1, -0.05) is 36.4 Å². The van der Waals surface area contributed by atoms with Crippen LogP contribution in [0.4, 0.5) is 0 Å². The van der Waals surface area contributed by atoms with Gasteiger partial charge in [-0.15, -0.1) is 0 Å². The highest BCUT2D eigenvalue weighted by Gasteiger charge is 2.23. The Balaban J connectivity index is 1.73. The number of aromatic hydroxyl groups is 1. The van der Waals surface area contributed by atoms with Crippen molar-refractivity contribution in [3.63, 3.8) is 0 Å². The molecule has 2 N–H and O–H groups in total. The van der Waals surface area contributed by atoms with Crippen molar-refractivity contribution in [2.75, 3.05) is 7.11 Å². The van der Waals surface area contributed by atoms with Crippen molar-refractivity contribution in [3.05, 3.63) is 64.6 Å². The summed E-state index contributed by atoms with van der Waals surface area (Å²) >= 11 is 1.29. The van der Waals surface area contributed by atoms with Gasteiger partial charge in [-0.05, 0) is 41.1 Å². The largest absolute Gasteiger partial charge is 0.504 e. The topological polar surface area (TPSA) is 70.9 Å². The number of ether oxygens (including phenoxy) is 1. The molecule has 0 aromatic heterocycles. The third kappa shape index (κ3) is 3.78. The van der Waals surface area contributed by atoms with Crippen molar-refractivity contribution < 1.29 is 14.6 Å². The third-order valence-electron chi connectivity index (χ3n) is 3.40. The van der Waals surface area contributed by atoms with Crippen molar-refractivity contribution in [1.29, 1.82) is 0 Å². The lowest BCUT2D eigenvalue weighted by Gasteiger charge is -2.03. The minimum Gasteiger partial charge on any atom is -0.504 e. The summed E-state index contributed by atoms with van der Waals surface area (Å²) in [7, 11) is 1.49. The van der Waals surface area contributed by atoms with E-state index in [4.69, 9.17) is 4.74 Å². The van der Waals surface area contributed by atoms with Gasteiger partial charge in [0.1, 0.15) is 0 Å². The molecule has 0 atom stereocenters. The van der Waals surface area contributed by atoms with Gasteiger partial charge in [0, 0.05) is 0 Å². The molecule has 1 saturated heterocycles. The number of carbonyl (C=O) groups is 1. The first-order valence-electron chi connectivity index (χ1n) is 7.32. The fourth-order valence-electron chi connectivity index (χ4n) is 2.20. The van der Waals surface area contributed by atoms with Crippen LogP contribution in [-0.4, -0.2) is 23.3 Å². The van der Waals surface area contributed by atoms with Gasteiger partial charge in [-0.2, -0.15) is 0 Å². The number of amidine groups is 1. The van der Waals surface area contributed by atoms with Gasteiger partial charge >= 0.3 is 0 Å². The van der Waals surface area contributed by atoms with E-state index in [1.165, 1.54) is 18.9 Å². The van der Waals surface area contributed by atoms with Crippen molar-refractivity contribution in [1.82, 2.24) is 5.32 Å². The molecule has 1 amide bonds. The number of amides is 1. The molecule has 2 aromatic rings. The fourth-order valence-corrected chi connectivity index (χ4v) is 3.02. The average molecular weight is 340 g/mol. The van der Waals surface area contributed by atoms with Crippen molar-refractivity contribution in [2.45, 2.75) is 6.54 Å². The van der Waals surface area contributed by atoms with Crippen LogP contribution < -0.4 is 10.1 Å². The third-order valence-corrected chi connectivity index (χ3v) is 4.35. The first-order valence-corrected chi connectivity index (χ1v) is 8.13. The maximum absolute atomic E-state index is 12.0. The van der Waals surface area contributed by atoms with Crippen LogP contribution in [0.15, 0.2) is 58.4 Å². The molecule has 6 heteroatoms. The predicted octanol–water partition coefficient (Wildman–Crippen LogP) is 3.16. The van der Waals surface area contributed by atoms with E-state index < -0.39 is 0 Å². The van der Waals surface area contributed by atoms with Gasteiger partial charge in [-0.25, -0.2) is 0 Å². The number of aliphatic imine (C=N–C) groups is 1. The number of nitrogens with zero attached hydrogens (tertiary/aromatic N) is 1. The van der Waals surface area contributed by atoms with Gasteiger partial charge in [-0.3, -0.25) is 9.79 Å². The molecule has 1 heterocycles. The zero-order valence-electron chi connectivity index (χ0n) is 13.0. The number of methoxy groups -OCH3 is 1. The SMILES string of the molecule is COc1ccc(/C=C2/SC(=NCc3ccccc3)NC2=O)cc1O. The molecular weight excluding hydrogens is 324 g/mol. The summed E-state index contributed by atoms with van der Waals surface area (Å²) in [5, 5.41) is 13.1. The van der Waals surface area contributed by atoms with Crippen LogP contribution in [-0.2, 0) is 11.3 Å². The normalized spacial score (nSPS) is 17.3. The van der Waals surface area contributed by atoms with Crippen LogP contribution >= 0.6 is 11.8 Å². The molecule has 24 heavy (non-hydrogen) atoms. The molecule has 5 nitrogen and oxygen atoms in total. The molecule has 122 valence electrons. The summed E-state index contributed by atoms with van der Waals surface area (Å²) in [5.41, 5.74) is 1.80. The zero-order chi connectivity index (χ0) is 16.9. The molecule has 0 radical (unpaired) electrons. The molecule has 0 aliphatic carbocycles. The summed E-state index contributed by atoms with van der Waals surface area (Å²) in [6.07, 6.45) is 1.71. The van der Waals surface area contributed by atoms with E-state index in [0.717, 1.165) is 11.1 Å². The first-order chi connectivity index (χ1) is 11.7. The van der Waals surface area contributed by atoms with Gasteiger partial charge in [0.05, 0.1) is 18.6 Å². The Labute approximate surface area is 144 Å². The Hall–Kier alpha value is -2.73. The molecule has 0 unspecified atom stereocenters. The van der Waals surface area contributed by atoms with E-state index in [1.807, 2.05) is 30.3 Å². The highest BCUT2D eigenvalue weighted by atomic mass is 32.2. The van der Waals surface area contributed by atoms with E-state index in [-0.39, 0.29) is 11.7 Å². The van der Waals surface area contributed by atoms with Crippen LogP contribution in [0, 0.1) is 0 Å². The highest BCUT2D eigenvalue weighted by Crippen LogP contribution is 2.30. The molecule has 2 aromatic carbocycles. The summed E-state index contributed by atoms with van der Waals surface area (Å²) in [6.45, 7) is 0.514. The number of phenols is 1. The van der Waals surface area contributed by atoms with E-state index >= 15 is 0 Å². The maximum Gasteiger partial charge on any atom is 0.264 e. The number of phenolic OH excluding ortho intramolecular Hbond substituents is 1. The Morgan fingerprint density at radius 3 is 2.75 bits per heavy atom. The Morgan fingerprint density at radius 1 is 1.25 bits per heavy atom. The summed E-state index contributed by atoms with van der Waals surface area (Å²) in [6, 6.07) is 14.8. The minimum atomic E-state index is -0.192. The fraction of sp³-hybridized carbons (Fsp3) is 0.111. The van der Waals surface area contributed by atoms with Gasteiger partial charge < -0.3 is 15.2 Å². The number of nitrogens with one attached hydrogen (secondary N) is 1. The lowest BCUT2D eigenvalue weighted by atomic mass is 10.2. The number of benzene rings is 2. The number of carbonyl (C=O) groups excluding carboxylic acids is 1. The van der Waals surface area contributed by atoms with Crippen LogP contribution in [0.3, 0.4) is 0 Å². The highest BCUT2D eigenvalue weighted by molar-refractivity contribution is 8.18. The summed E-state index contributed by atoms with van der Waals surface area (Å²) < 4.78 is 5.01. The van der Waals surface area contributed by atoms with Crippen molar-refractivity contribution in [2.24, 2.45) is 4.99 Å². The van der Waals surface area contributed by atoms with Gasteiger partial charge in [0.2, 0.25) is 0 Å². The Bertz CT molecular complexity index is 816. The molecule has 0 bridgehead atoms. The second-order valence-corrected chi connectivity index (χ2v) is 6.13. The maximum atomic E-state index is 12.0. The number of rotatable bonds is 4. The number of thioether (sulfide) groups is 1. The number of hydrogen-bond acceptors (Lipinski definition) is 5. The molecule has 1 aliphatic heterocycles. The quantitative estimate of drug-likeness (QED) is 0.839. The molecule has 3 rings (SSSR count). The monoisotopic (exact) mass is 340 g/mol. The lowest BCUT2D eigenvalue weighted by molar-refractivity contribution is -0.115. The summed E-state index contributed by atoms with van der Waals surface area (Å²) in [4.78, 5) is 17.0. The van der Waals surface area contributed by atoms with E-state index in [9.17, 15) is 9.90 Å². The van der Waals surface area contributed by atoms with Crippen LogP contribution in [0.5, 0.6) is 11.5 Å². The van der Waals surface area contributed by atoms with Crippen LogP contribution in [0.1, 0.15) is 11.1 Å². The second kappa shape index (κ2) is 7.23. The van der Waals surface area contributed by atoms with Crippen molar-refractivity contribution >= 4 is 28.9 Å². The van der Waals surface area contributed by atoms with Crippen molar-refractivity contribution in [3.8, 4) is 11.5 Å². The second-order valence-electron chi connectivity index (χ2n) is 5.10. The molecule has 1 aliphatic rings.